The molecule has 0 aliphatic carbocycles. The second-order valence-electron chi connectivity index (χ2n) is 2.38. The Kier molecular flexibility index (Phi) is 2.59. The highest BCUT2D eigenvalue weighted by Crippen LogP contribution is 2.22. The number of nitrogens with two attached hydrogens (primary N) is 1. The molecule has 0 aliphatic rings. The minimum Gasteiger partial charge on any atom is -0.497 e. The van der Waals surface area contributed by atoms with Crippen molar-refractivity contribution in [3.8, 4) is 5.75 Å². The van der Waals surface area contributed by atoms with Crippen LogP contribution in [-0.2, 0) is 0 Å². The Morgan fingerprint density at radius 1 is 1.46 bits per heavy atom. The second-order valence-corrected chi connectivity index (χ2v) is 2.38. The Morgan fingerprint density at radius 2 is 2.15 bits per heavy atom. The number of ether oxygens (including phenoxy) is 1. The van der Waals surface area contributed by atoms with Crippen LogP contribution in [0.25, 0.3) is 0 Å². The summed E-state index contributed by atoms with van der Waals surface area (Å²) in [5.41, 5.74) is 5.34. The van der Waals surface area contributed by atoms with Gasteiger partial charge in [-0.3, -0.25) is 4.79 Å². The summed E-state index contributed by atoms with van der Waals surface area (Å²) < 4.78 is 4.84. The van der Waals surface area contributed by atoms with Crippen molar-refractivity contribution in [1.29, 1.82) is 0 Å². The number of carbonyl (C=O) groups excluding carboxylic acids is 1. The van der Waals surface area contributed by atoms with Crippen LogP contribution in [0, 0.1) is 4.91 Å². The van der Waals surface area contributed by atoms with Crippen molar-refractivity contribution < 1.29 is 9.53 Å². The molecule has 2 N–H and O–H groups in total. The molecule has 0 fully saturated rings. The molecule has 0 saturated heterocycles. The number of amides is 1. The first-order chi connectivity index (χ1) is 6.17. The van der Waals surface area contributed by atoms with E-state index in [1.165, 1.54) is 25.3 Å². The molecule has 5 nitrogen and oxygen atoms in total. The largest absolute Gasteiger partial charge is 0.497 e. The van der Waals surface area contributed by atoms with Crippen LogP contribution in [0.1, 0.15) is 10.4 Å². The first-order valence-corrected chi connectivity index (χ1v) is 3.49. The molecule has 0 saturated carbocycles. The molecular formula is C8H8N2O3. The lowest BCUT2D eigenvalue weighted by atomic mass is 10.2. The topological polar surface area (TPSA) is 81.8 Å². The molecule has 1 amide bonds. The molecule has 0 aromatic heterocycles. The summed E-state index contributed by atoms with van der Waals surface area (Å²) in [5, 5.41) is 2.68. The van der Waals surface area contributed by atoms with E-state index in [1.807, 2.05) is 0 Å². The molecule has 1 aromatic rings. The fourth-order valence-electron chi connectivity index (χ4n) is 0.896. The van der Waals surface area contributed by atoms with E-state index in [1.54, 1.807) is 0 Å². The maximum Gasteiger partial charge on any atom is 0.248 e. The van der Waals surface area contributed by atoms with E-state index < -0.39 is 5.91 Å². The SMILES string of the molecule is COc1cc(N=O)cc(C(N)=O)c1. The van der Waals surface area contributed by atoms with Gasteiger partial charge in [0.05, 0.1) is 7.11 Å². The molecule has 68 valence electrons. The number of rotatable bonds is 3. The Balaban J connectivity index is 3.22. The van der Waals surface area contributed by atoms with E-state index in [2.05, 4.69) is 5.18 Å². The van der Waals surface area contributed by atoms with Gasteiger partial charge in [-0.05, 0) is 17.3 Å². The molecule has 1 aromatic carbocycles. The molecule has 0 radical (unpaired) electrons. The van der Waals surface area contributed by atoms with Crippen molar-refractivity contribution in [3.63, 3.8) is 0 Å². The average Bonchev–Trinajstić information content (AvgIpc) is 2.16. The van der Waals surface area contributed by atoms with Crippen LogP contribution in [0.15, 0.2) is 23.4 Å². The van der Waals surface area contributed by atoms with Gasteiger partial charge in [-0.2, -0.15) is 0 Å². The van der Waals surface area contributed by atoms with E-state index in [4.69, 9.17) is 10.5 Å². The van der Waals surface area contributed by atoms with Crippen LogP contribution in [0.3, 0.4) is 0 Å². The molecule has 0 bridgehead atoms. The van der Waals surface area contributed by atoms with Crippen molar-refractivity contribution in [3.05, 3.63) is 28.7 Å². The average molecular weight is 180 g/mol. The van der Waals surface area contributed by atoms with Crippen molar-refractivity contribution in [2.75, 3.05) is 7.11 Å². The third kappa shape index (κ3) is 2.02. The minimum atomic E-state index is -0.621. The molecule has 1 rings (SSSR count). The summed E-state index contributed by atoms with van der Waals surface area (Å²) in [6.45, 7) is 0. The zero-order valence-corrected chi connectivity index (χ0v) is 6.98. The number of primary amides is 1. The van der Waals surface area contributed by atoms with Gasteiger partial charge in [0, 0.05) is 11.6 Å². The van der Waals surface area contributed by atoms with Crippen LogP contribution in [0.4, 0.5) is 5.69 Å². The fourth-order valence-corrected chi connectivity index (χ4v) is 0.896. The highest BCUT2D eigenvalue weighted by molar-refractivity contribution is 5.94. The van der Waals surface area contributed by atoms with Crippen LogP contribution in [0.5, 0.6) is 5.75 Å². The Bertz CT molecular complexity index is 349. The number of benzene rings is 1. The third-order valence-electron chi connectivity index (χ3n) is 1.52. The van der Waals surface area contributed by atoms with Gasteiger partial charge in [0.15, 0.2) is 0 Å². The summed E-state index contributed by atoms with van der Waals surface area (Å²) in [6, 6.07) is 4.16. The molecule has 5 heteroatoms. The van der Waals surface area contributed by atoms with Gasteiger partial charge in [0.1, 0.15) is 11.4 Å². The van der Waals surface area contributed by atoms with Gasteiger partial charge in [-0.15, -0.1) is 4.91 Å². The Hall–Kier alpha value is -1.91. The summed E-state index contributed by atoms with van der Waals surface area (Å²) in [5.74, 6) is -0.241. The van der Waals surface area contributed by atoms with Crippen LogP contribution < -0.4 is 10.5 Å². The first-order valence-electron chi connectivity index (χ1n) is 3.49. The number of nitrogens with zero attached hydrogens (tertiary/aromatic N) is 1. The molecule has 0 aliphatic heterocycles. The van der Waals surface area contributed by atoms with Crippen molar-refractivity contribution in [1.82, 2.24) is 0 Å². The van der Waals surface area contributed by atoms with Gasteiger partial charge in [-0.25, -0.2) is 0 Å². The highest BCUT2D eigenvalue weighted by atomic mass is 16.5. The van der Waals surface area contributed by atoms with Crippen molar-refractivity contribution in [2.45, 2.75) is 0 Å². The lowest BCUT2D eigenvalue weighted by Gasteiger charge is -2.01. The fraction of sp³-hybridized carbons (Fsp3) is 0.125. The molecule has 13 heavy (non-hydrogen) atoms. The molecule has 0 atom stereocenters. The standard InChI is InChI=1S/C8H8N2O3/c1-13-7-3-5(8(9)11)2-6(4-7)10-12/h2-4H,1H3,(H2,9,11). The summed E-state index contributed by atoms with van der Waals surface area (Å²) >= 11 is 0. The third-order valence-corrected chi connectivity index (χ3v) is 1.52. The molecular weight excluding hydrogens is 172 g/mol. The van der Waals surface area contributed by atoms with Gasteiger partial charge in [-0.1, -0.05) is 0 Å². The van der Waals surface area contributed by atoms with Crippen molar-refractivity contribution >= 4 is 11.6 Å². The van der Waals surface area contributed by atoms with Gasteiger partial charge in [0.2, 0.25) is 5.91 Å². The van der Waals surface area contributed by atoms with Gasteiger partial charge >= 0.3 is 0 Å². The zero-order chi connectivity index (χ0) is 9.84. The highest BCUT2D eigenvalue weighted by Gasteiger charge is 2.05. The van der Waals surface area contributed by atoms with Crippen molar-refractivity contribution in [2.24, 2.45) is 10.9 Å². The summed E-state index contributed by atoms with van der Waals surface area (Å²) in [6.07, 6.45) is 0. The molecule has 0 spiro atoms. The number of nitroso groups, excluding NO2 is 1. The van der Waals surface area contributed by atoms with Crippen LogP contribution >= 0.6 is 0 Å². The maximum absolute atomic E-state index is 10.8. The Morgan fingerprint density at radius 3 is 2.62 bits per heavy atom. The second kappa shape index (κ2) is 3.66. The van der Waals surface area contributed by atoms with Gasteiger partial charge < -0.3 is 10.5 Å². The summed E-state index contributed by atoms with van der Waals surface area (Å²) in [4.78, 5) is 21.0. The first kappa shape index (κ1) is 9.18. The number of methoxy groups -OCH3 is 1. The quantitative estimate of drug-likeness (QED) is 0.709. The predicted molar refractivity (Wildman–Crippen MR) is 47.0 cm³/mol. The zero-order valence-electron chi connectivity index (χ0n) is 6.98. The Labute approximate surface area is 74.5 Å². The van der Waals surface area contributed by atoms with Crippen LogP contribution in [0.2, 0.25) is 0 Å². The maximum atomic E-state index is 10.8. The van der Waals surface area contributed by atoms with E-state index in [0.29, 0.717) is 5.75 Å². The number of hydrogen-bond acceptors (Lipinski definition) is 4. The molecule has 0 unspecified atom stereocenters. The minimum absolute atomic E-state index is 0.119. The predicted octanol–water partition coefficient (Wildman–Crippen LogP) is 1.19. The molecule has 0 heterocycles. The lowest BCUT2D eigenvalue weighted by Crippen LogP contribution is -2.10. The monoisotopic (exact) mass is 180 g/mol. The van der Waals surface area contributed by atoms with E-state index in [-0.39, 0.29) is 11.3 Å². The number of hydrogen-bond donors (Lipinski definition) is 1. The van der Waals surface area contributed by atoms with E-state index >= 15 is 0 Å². The lowest BCUT2D eigenvalue weighted by molar-refractivity contribution is 0.1000. The van der Waals surface area contributed by atoms with Gasteiger partial charge in [0.25, 0.3) is 0 Å². The van der Waals surface area contributed by atoms with Crippen LogP contribution in [-0.4, -0.2) is 13.0 Å². The smallest absolute Gasteiger partial charge is 0.248 e. The van der Waals surface area contributed by atoms with E-state index in [0.717, 1.165) is 0 Å². The van der Waals surface area contributed by atoms with E-state index in [9.17, 15) is 9.70 Å². The summed E-state index contributed by atoms with van der Waals surface area (Å²) in [7, 11) is 1.43. The normalized spacial score (nSPS) is 9.31. The number of carbonyl (C=O) groups is 1.